The van der Waals surface area contributed by atoms with E-state index in [9.17, 15) is 0 Å². The number of nitrogens with zero attached hydrogens (tertiary/aromatic N) is 2. The molecule has 1 heterocycles. The third-order valence-electron chi connectivity index (χ3n) is 2.17. The van der Waals surface area contributed by atoms with Crippen LogP contribution >= 0.6 is 0 Å². The summed E-state index contributed by atoms with van der Waals surface area (Å²) in [6, 6.07) is 9.90. The van der Waals surface area contributed by atoms with E-state index in [0.29, 0.717) is 11.4 Å². The van der Waals surface area contributed by atoms with Crippen molar-refractivity contribution in [3.05, 3.63) is 36.2 Å². The number of fused-ring (bicyclic) bond motifs is 1. The number of aromatic nitrogens is 2. The van der Waals surface area contributed by atoms with Gasteiger partial charge in [-0.3, -0.25) is 0 Å². The molecule has 74 valence electrons. The normalized spacial score (nSPS) is 11.6. The highest BCUT2D eigenvalue weighted by atomic mass is 14.9. The average Bonchev–Trinajstić information content (AvgIpc) is 2.69. The van der Waals surface area contributed by atoms with Crippen LogP contribution in [0.4, 0.5) is 0 Å². The SMILES string of the molecule is CC/C=C(\C#N)c1nc2ccccc2[nH]1. The van der Waals surface area contributed by atoms with Gasteiger partial charge in [0.2, 0.25) is 0 Å². The van der Waals surface area contributed by atoms with Crippen LogP contribution in [0.15, 0.2) is 30.3 Å². The summed E-state index contributed by atoms with van der Waals surface area (Å²) in [7, 11) is 0. The highest BCUT2D eigenvalue weighted by Gasteiger charge is 2.05. The van der Waals surface area contributed by atoms with E-state index in [1.165, 1.54) is 0 Å². The molecule has 3 heteroatoms. The van der Waals surface area contributed by atoms with E-state index in [1.54, 1.807) is 0 Å². The second-order valence-electron chi connectivity index (χ2n) is 3.24. The lowest BCUT2D eigenvalue weighted by molar-refractivity contribution is 1.20. The van der Waals surface area contributed by atoms with Gasteiger partial charge in [-0.25, -0.2) is 4.98 Å². The van der Waals surface area contributed by atoms with Crippen molar-refractivity contribution in [1.82, 2.24) is 9.97 Å². The summed E-state index contributed by atoms with van der Waals surface area (Å²) in [4.78, 5) is 7.49. The minimum atomic E-state index is 0.605. The lowest BCUT2D eigenvalue weighted by Gasteiger charge is -1.89. The van der Waals surface area contributed by atoms with Crippen molar-refractivity contribution in [2.24, 2.45) is 0 Å². The Morgan fingerprint density at radius 2 is 2.33 bits per heavy atom. The lowest BCUT2D eigenvalue weighted by atomic mass is 10.2. The number of imidazole rings is 1. The zero-order valence-corrected chi connectivity index (χ0v) is 8.49. The first-order valence-corrected chi connectivity index (χ1v) is 4.90. The van der Waals surface area contributed by atoms with E-state index < -0.39 is 0 Å². The first kappa shape index (κ1) is 9.47. The van der Waals surface area contributed by atoms with Gasteiger partial charge in [0.1, 0.15) is 11.9 Å². The number of hydrogen-bond donors (Lipinski definition) is 1. The zero-order chi connectivity index (χ0) is 10.7. The van der Waals surface area contributed by atoms with E-state index in [0.717, 1.165) is 17.5 Å². The van der Waals surface area contributed by atoms with E-state index >= 15 is 0 Å². The summed E-state index contributed by atoms with van der Waals surface area (Å²) in [6.45, 7) is 2.00. The maximum Gasteiger partial charge on any atom is 0.148 e. The highest BCUT2D eigenvalue weighted by Crippen LogP contribution is 2.16. The van der Waals surface area contributed by atoms with E-state index in [4.69, 9.17) is 5.26 Å². The fourth-order valence-corrected chi connectivity index (χ4v) is 1.48. The molecule has 1 N–H and O–H groups in total. The van der Waals surface area contributed by atoms with Crippen LogP contribution in [0.1, 0.15) is 19.2 Å². The van der Waals surface area contributed by atoms with Crippen LogP contribution in [-0.4, -0.2) is 9.97 Å². The van der Waals surface area contributed by atoms with Crippen LogP contribution in [0, 0.1) is 11.3 Å². The Balaban J connectivity index is 2.54. The lowest BCUT2D eigenvalue weighted by Crippen LogP contribution is -1.83. The number of allylic oxidation sites excluding steroid dienone is 2. The predicted molar refractivity (Wildman–Crippen MR) is 60.0 cm³/mol. The topological polar surface area (TPSA) is 52.5 Å². The van der Waals surface area contributed by atoms with Gasteiger partial charge >= 0.3 is 0 Å². The Morgan fingerprint density at radius 1 is 1.53 bits per heavy atom. The van der Waals surface area contributed by atoms with Gasteiger partial charge in [0.05, 0.1) is 16.6 Å². The van der Waals surface area contributed by atoms with Crippen molar-refractivity contribution < 1.29 is 0 Å². The summed E-state index contributed by atoms with van der Waals surface area (Å²) < 4.78 is 0. The number of nitrogens with one attached hydrogen (secondary N) is 1. The van der Waals surface area contributed by atoms with Crippen molar-refractivity contribution in [2.75, 3.05) is 0 Å². The minimum Gasteiger partial charge on any atom is -0.337 e. The molecule has 0 radical (unpaired) electrons. The van der Waals surface area contributed by atoms with Crippen molar-refractivity contribution in [3.63, 3.8) is 0 Å². The average molecular weight is 197 g/mol. The summed E-state index contributed by atoms with van der Waals surface area (Å²) >= 11 is 0. The summed E-state index contributed by atoms with van der Waals surface area (Å²) in [5.74, 6) is 0.653. The van der Waals surface area contributed by atoms with Crippen molar-refractivity contribution in [3.8, 4) is 6.07 Å². The first-order valence-electron chi connectivity index (χ1n) is 4.90. The molecule has 0 atom stereocenters. The molecule has 3 nitrogen and oxygen atoms in total. The van der Waals surface area contributed by atoms with Crippen LogP contribution in [0.3, 0.4) is 0 Å². The van der Waals surface area contributed by atoms with Gasteiger partial charge < -0.3 is 4.98 Å². The molecule has 0 bridgehead atoms. The third-order valence-corrected chi connectivity index (χ3v) is 2.17. The largest absolute Gasteiger partial charge is 0.337 e. The van der Waals surface area contributed by atoms with E-state index in [1.807, 2.05) is 37.3 Å². The number of H-pyrrole nitrogens is 1. The maximum atomic E-state index is 8.96. The van der Waals surface area contributed by atoms with Crippen LogP contribution < -0.4 is 0 Å². The fourth-order valence-electron chi connectivity index (χ4n) is 1.48. The molecule has 0 saturated heterocycles. The van der Waals surface area contributed by atoms with Crippen LogP contribution in [-0.2, 0) is 0 Å². The van der Waals surface area contributed by atoms with Crippen molar-refractivity contribution >= 4 is 16.6 Å². The van der Waals surface area contributed by atoms with Gasteiger partial charge in [0.25, 0.3) is 0 Å². The first-order chi connectivity index (χ1) is 7.35. The van der Waals surface area contributed by atoms with Crippen LogP contribution in [0.2, 0.25) is 0 Å². The number of nitriles is 1. The summed E-state index contributed by atoms with van der Waals surface area (Å²) in [5.41, 5.74) is 2.46. The molecule has 0 aliphatic rings. The number of aromatic amines is 1. The van der Waals surface area contributed by atoms with Gasteiger partial charge in [-0.15, -0.1) is 0 Å². The Hall–Kier alpha value is -2.08. The number of hydrogen-bond acceptors (Lipinski definition) is 2. The molecular formula is C12H11N3. The van der Waals surface area contributed by atoms with Crippen molar-refractivity contribution in [1.29, 1.82) is 5.26 Å². The van der Waals surface area contributed by atoms with E-state index in [2.05, 4.69) is 16.0 Å². The highest BCUT2D eigenvalue weighted by molar-refractivity contribution is 5.81. The second kappa shape index (κ2) is 3.97. The molecule has 0 fully saturated rings. The van der Waals surface area contributed by atoms with Crippen LogP contribution in [0.5, 0.6) is 0 Å². The quantitative estimate of drug-likeness (QED) is 0.752. The fraction of sp³-hybridized carbons (Fsp3) is 0.167. The van der Waals surface area contributed by atoms with Gasteiger partial charge in [0.15, 0.2) is 0 Å². The molecule has 1 aromatic carbocycles. The molecule has 0 amide bonds. The van der Waals surface area contributed by atoms with Crippen LogP contribution in [0.25, 0.3) is 16.6 Å². The molecule has 15 heavy (non-hydrogen) atoms. The molecule has 0 saturated carbocycles. The Morgan fingerprint density at radius 3 is 3.00 bits per heavy atom. The van der Waals surface area contributed by atoms with Gasteiger partial charge in [0, 0.05) is 0 Å². The number of benzene rings is 1. The molecule has 0 unspecified atom stereocenters. The Bertz CT molecular complexity index is 510. The molecule has 2 aromatic rings. The molecular weight excluding hydrogens is 186 g/mol. The third kappa shape index (κ3) is 1.75. The second-order valence-corrected chi connectivity index (χ2v) is 3.24. The standard InChI is InChI=1S/C12H11N3/c1-2-5-9(8-13)12-14-10-6-3-4-7-11(10)15-12/h3-7H,2H2,1H3,(H,14,15)/b9-5+. The van der Waals surface area contributed by atoms with E-state index in [-0.39, 0.29) is 0 Å². The molecule has 2 rings (SSSR count). The predicted octanol–water partition coefficient (Wildman–Crippen LogP) is 2.88. The Labute approximate surface area is 88.1 Å². The molecule has 0 aliphatic carbocycles. The molecule has 0 spiro atoms. The molecule has 1 aromatic heterocycles. The Kier molecular flexibility index (Phi) is 2.51. The summed E-state index contributed by atoms with van der Waals surface area (Å²) in [5, 5.41) is 8.96. The maximum absolute atomic E-state index is 8.96. The molecule has 0 aliphatic heterocycles. The van der Waals surface area contributed by atoms with Gasteiger partial charge in [-0.1, -0.05) is 25.1 Å². The number of para-hydroxylation sites is 2. The van der Waals surface area contributed by atoms with Gasteiger partial charge in [-0.05, 0) is 18.6 Å². The summed E-state index contributed by atoms with van der Waals surface area (Å²) in [6.07, 6.45) is 2.71. The number of rotatable bonds is 2. The smallest absolute Gasteiger partial charge is 0.148 e. The monoisotopic (exact) mass is 197 g/mol. The van der Waals surface area contributed by atoms with Crippen molar-refractivity contribution in [2.45, 2.75) is 13.3 Å². The minimum absolute atomic E-state index is 0.605. The van der Waals surface area contributed by atoms with Gasteiger partial charge in [-0.2, -0.15) is 5.26 Å². The zero-order valence-electron chi connectivity index (χ0n) is 8.49.